The summed E-state index contributed by atoms with van der Waals surface area (Å²) in [7, 11) is -0.478. The van der Waals surface area contributed by atoms with Crippen molar-refractivity contribution in [3.63, 3.8) is 0 Å². The monoisotopic (exact) mass is 563 g/mol. The second-order valence-corrected chi connectivity index (χ2v) is 12.9. The van der Waals surface area contributed by atoms with E-state index < -0.39 is 16.3 Å². The topological polar surface area (TPSA) is 38.8 Å². The number of para-hydroxylation sites is 2. The molecule has 6 heteroatoms. The third-order valence-corrected chi connectivity index (χ3v) is 10.6. The molecule has 6 rings (SSSR count). The first-order valence-corrected chi connectivity index (χ1v) is 15.8. The summed E-state index contributed by atoms with van der Waals surface area (Å²) in [6.45, 7) is 2.19. The Hall–Kier alpha value is -3.65. The average Bonchev–Trinajstić information content (AvgIpc) is 3.19. The molecule has 0 saturated carbocycles. The number of benzene rings is 5. The van der Waals surface area contributed by atoms with Crippen LogP contribution in [0.5, 0.6) is 0 Å². The molecule has 0 N–H and O–H groups in total. The van der Waals surface area contributed by atoms with Gasteiger partial charge in [-0.05, 0) is 24.6 Å². The lowest BCUT2D eigenvalue weighted by Crippen LogP contribution is -2.34. The predicted molar refractivity (Wildman–Crippen MR) is 169 cm³/mol. The zero-order valence-corrected chi connectivity index (χ0v) is 24.3. The summed E-state index contributed by atoms with van der Waals surface area (Å²) in [5.74, 6) is 0. The van der Waals surface area contributed by atoms with E-state index in [0.717, 1.165) is 27.5 Å². The summed E-state index contributed by atoms with van der Waals surface area (Å²) >= 11 is 0. The van der Waals surface area contributed by atoms with Gasteiger partial charge in [-0.3, -0.25) is 0 Å². The third kappa shape index (κ3) is 5.63. The lowest BCUT2D eigenvalue weighted by atomic mass is 10.0. The van der Waals surface area contributed by atoms with Crippen LogP contribution >= 0.6 is 16.3 Å². The van der Waals surface area contributed by atoms with Crippen LogP contribution in [0.3, 0.4) is 0 Å². The molecule has 40 heavy (non-hydrogen) atoms. The Morgan fingerprint density at radius 2 is 1.02 bits per heavy atom. The molecule has 0 aliphatic carbocycles. The SMILES string of the molecule is C[C@H]([C@@H](OP(c1ccccc1)c1ccccc1)c1ccccc1)N(C)p1oc2ccccc2c2ccccc2o1. The van der Waals surface area contributed by atoms with Gasteiger partial charge in [0.15, 0.2) is 0 Å². The Labute approximate surface area is 237 Å². The van der Waals surface area contributed by atoms with Gasteiger partial charge in [0.2, 0.25) is 0 Å². The minimum Gasteiger partial charge on any atom is -0.408 e. The highest BCUT2D eigenvalue weighted by molar-refractivity contribution is 7.68. The second kappa shape index (κ2) is 12.3. The first kappa shape index (κ1) is 26.6. The molecular formula is C34H31NO3P2. The molecule has 0 aliphatic heterocycles. The van der Waals surface area contributed by atoms with Crippen LogP contribution in [0.25, 0.3) is 21.9 Å². The molecule has 6 aromatic rings. The van der Waals surface area contributed by atoms with Gasteiger partial charge in [0, 0.05) is 28.4 Å². The van der Waals surface area contributed by atoms with Gasteiger partial charge in [-0.2, -0.15) is 0 Å². The molecule has 0 spiro atoms. The van der Waals surface area contributed by atoms with Gasteiger partial charge in [-0.25, -0.2) is 4.67 Å². The quantitative estimate of drug-likeness (QED) is 0.173. The lowest BCUT2D eigenvalue weighted by Gasteiger charge is -2.33. The van der Waals surface area contributed by atoms with E-state index in [1.807, 2.05) is 54.6 Å². The summed E-state index contributed by atoms with van der Waals surface area (Å²) in [5.41, 5.74) is 2.77. The van der Waals surface area contributed by atoms with Crippen LogP contribution in [-0.2, 0) is 4.52 Å². The van der Waals surface area contributed by atoms with Crippen molar-refractivity contribution in [3.05, 3.63) is 145 Å². The van der Waals surface area contributed by atoms with Crippen LogP contribution in [0.4, 0.5) is 0 Å². The van der Waals surface area contributed by atoms with Crippen LogP contribution < -0.4 is 15.3 Å². The summed E-state index contributed by atoms with van der Waals surface area (Å²) in [4.78, 5) is 0. The number of hydrogen-bond acceptors (Lipinski definition) is 4. The summed E-state index contributed by atoms with van der Waals surface area (Å²) < 4.78 is 22.6. The molecule has 4 nitrogen and oxygen atoms in total. The molecule has 0 aliphatic rings. The Morgan fingerprint density at radius 1 is 0.600 bits per heavy atom. The highest BCUT2D eigenvalue weighted by Gasteiger charge is 2.31. The van der Waals surface area contributed by atoms with E-state index in [2.05, 4.69) is 104 Å². The lowest BCUT2D eigenvalue weighted by molar-refractivity contribution is 0.207. The molecule has 0 radical (unpaired) electrons. The van der Waals surface area contributed by atoms with Crippen LogP contribution in [0.2, 0.25) is 0 Å². The van der Waals surface area contributed by atoms with Gasteiger partial charge in [0.05, 0.1) is 14.2 Å². The molecule has 0 bridgehead atoms. The van der Waals surface area contributed by atoms with E-state index in [1.165, 1.54) is 10.6 Å². The van der Waals surface area contributed by atoms with E-state index in [1.54, 1.807) is 0 Å². The highest BCUT2D eigenvalue weighted by Crippen LogP contribution is 2.45. The highest BCUT2D eigenvalue weighted by atomic mass is 31.1. The van der Waals surface area contributed by atoms with Gasteiger partial charge in [-0.1, -0.05) is 127 Å². The van der Waals surface area contributed by atoms with E-state index in [9.17, 15) is 0 Å². The van der Waals surface area contributed by atoms with Crippen molar-refractivity contribution in [1.82, 2.24) is 0 Å². The van der Waals surface area contributed by atoms with Gasteiger partial charge >= 0.3 is 8.16 Å². The van der Waals surface area contributed by atoms with Crippen molar-refractivity contribution in [2.24, 2.45) is 0 Å². The maximum Gasteiger partial charge on any atom is 0.309 e. The zero-order chi connectivity index (χ0) is 27.3. The van der Waals surface area contributed by atoms with Gasteiger partial charge in [0.1, 0.15) is 17.3 Å². The molecule has 0 fully saturated rings. The Bertz CT molecular complexity index is 1630. The van der Waals surface area contributed by atoms with Crippen molar-refractivity contribution in [2.45, 2.75) is 19.1 Å². The first-order valence-electron chi connectivity index (χ1n) is 13.4. The van der Waals surface area contributed by atoms with Crippen molar-refractivity contribution in [2.75, 3.05) is 11.7 Å². The molecule has 0 saturated heterocycles. The molecule has 5 aromatic carbocycles. The smallest absolute Gasteiger partial charge is 0.309 e. The van der Waals surface area contributed by atoms with Crippen LogP contribution in [0, 0.1) is 0 Å². The molecule has 2 atom stereocenters. The van der Waals surface area contributed by atoms with Gasteiger partial charge in [0.25, 0.3) is 0 Å². The third-order valence-electron chi connectivity index (χ3n) is 7.03. The Morgan fingerprint density at radius 3 is 1.52 bits per heavy atom. The number of hydrogen-bond donors (Lipinski definition) is 0. The number of fused-ring (bicyclic) bond motifs is 3. The standard InChI is InChI=1S/C34H31NO3P2/c1-26(35(2)40-36-32-24-14-12-22-30(32)31-23-13-15-25-33(31)37-40)34(27-16-6-3-7-17-27)38-39(28-18-8-4-9-19-28)29-20-10-5-11-21-29/h3-26,34H,1-2H3/t26-,34-/m1/s1. The summed E-state index contributed by atoms with van der Waals surface area (Å²) in [6, 6.07) is 47.7. The molecule has 0 amide bonds. The van der Waals surface area contributed by atoms with Crippen molar-refractivity contribution < 1.29 is 12.9 Å². The largest absolute Gasteiger partial charge is 0.408 e. The van der Waals surface area contributed by atoms with Crippen molar-refractivity contribution >= 4 is 48.9 Å². The van der Waals surface area contributed by atoms with Crippen LogP contribution in [0.15, 0.2) is 148 Å². The van der Waals surface area contributed by atoms with Crippen LogP contribution in [0.1, 0.15) is 18.6 Å². The van der Waals surface area contributed by atoms with Gasteiger partial charge in [-0.15, -0.1) is 0 Å². The fourth-order valence-electron chi connectivity index (χ4n) is 4.78. The fraction of sp³-hybridized carbons (Fsp3) is 0.118. The van der Waals surface area contributed by atoms with Gasteiger partial charge < -0.3 is 12.9 Å². The molecule has 1 aromatic heterocycles. The predicted octanol–water partition coefficient (Wildman–Crippen LogP) is 9.05. The number of likely N-dealkylation sites (N-methyl/N-ethyl adjacent to an activating group) is 1. The Balaban J connectivity index is 1.44. The first-order chi connectivity index (χ1) is 19.7. The molecule has 1 heterocycles. The maximum absolute atomic E-state index is 7.18. The molecule has 200 valence electrons. The van der Waals surface area contributed by atoms with E-state index in [-0.39, 0.29) is 12.1 Å². The summed E-state index contributed by atoms with van der Waals surface area (Å²) in [5, 5.41) is 4.43. The minimum absolute atomic E-state index is 0.0663. The molecule has 0 unspecified atom stereocenters. The number of rotatable bonds is 8. The normalized spacial score (nSPS) is 13.1. The van der Waals surface area contributed by atoms with E-state index in [4.69, 9.17) is 12.9 Å². The van der Waals surface area contributed by atoms with E-state index >= 15 is 0 Å². The summed E-state index contributed by atoms with van der Waals surface area (Å²) in [6.07, 6.45) is -0.235. The zero-order valence-electron chi connectivity index (χ0n) is 22.5. The number of nitrogens with zero attached hydrogens (tertiary/aromatic N) is 1. The maximum atomic E-state index is 7.18. The van der Waals surface area contributed by atoms with Crippen molar-refractivity contribution in [3.8, 4) is 0 Å². The average molecular weight is 564 g/mol. The van der Waals surface area contributed by atoms with E-state index in [0.29, 0.717) is 0 Å². The molecular weight excluding hydrogens is 532 g/mol. The Kier molecular flexibility index (Phi) is 8.14. The minimum atomic E-state index is -1.47. The van der Waals surface area contributed by atoms with Crippen molar-refractivity contribution in [1.29, 1.82) is 0 Å². The second-order valence-electron chi connectivity index (χ2n) is 9.63. The van der Waals surface area contributed by atoms with Crippen LogP contribution in [-0.4, -0.2) is 13.1 Å². The fourth-order valence-corrected chi connectivity index (χ4v) is 8.10.